The molecule has 102 valence electrons. The van der Waals surface area contributed by atoms with Crippen molar-refractivity contribution in [3.63, 3.8) is 0 Å². The molecule has 2 rings (SSSR count). The molecule has 0 saturated heterocycles. The summed E-state index contributed by atoms with van der Waals surface area (Å²) in [5, 5.41) is 7.70. The van der Waals surface area contributed by atoms with E-state index >= 15 is 0 Å². The summed E-state index contributed by atoms with van der Waals surface area (Å²) >= 11 is 11.1. The topological polar surface area (TPSA) is 42.8 Å². The maximum atomic E-state index is 5.83. The Balaban J connectivity index is 2.17. The highest BCUT2D eigenvalue weighted by molar-refractivity contribution is 7.71. The summed E-state index contributed by atoms with van der Waals surface area (Å²) in [7, 11) is 0. The second kappa shape index (κ2) is 5.35. The zero-order valence-electron chi connectivity index (χ0n) is 11.1. The van der Waals surface area contributed by atoms with Gasteiger partial charge in [0.15, 0.2) is 10.6 Å². The molecule has 0 aliphatic heterocycles. The van der Waals surface area contributed by atoms with Crippen LogP contribution in [0.2, 0.25) is 5.02 Å². The molecule has 0 aliphatic carbocycles. The van der Waals surface area contributed by atoms with E-state index in [4.69, 9.17) is 28.6 Å². The van der Waals surface area contributed by atoms with Crippen molar-refractivity contribution in [2.24, 2.45) is 0 Å². The van der Waals surface area contributed by atoms with Gasteiger partial charge in [0, 0.05) is 10.6 Å². The fourth-order valence-corrected chi connectivity index (χ4v) is 2.35. The molecule has 1 aromatic heterocycles. The molecule has 0 saturated carbocycles. The zero-order valence-corrected chi connectivity index (χ0v) is 12.7. The third-order valence-corrected chi connectivity index (χ3v) is 3.12. The van der Waals surface area contributed by atoms with Crippen LogP contribution in [0.3, 0.4) is 0 Å². The summed E-state index contributed by atoms with van der Waals surface area (Å²) in [5.74, 6) is 1.52. The van der Waals surface area contributed by atoms with Crippen LogP contribution in [0.5, 0.6) is 5.75 Å². The molecule has 2 aromatic rings. The minimum Gasteiger partial charge on any atom is -0.486 e. The van der Waals surface area contributed by atoms with Crippen LogP contribution in [0.25, 0.3) is 0 Å². The number of H-pyrrole nitrogens is 1. The molecule has 1 N–H and O–H groups in total. The number of ether oxygens (including phenoxy) is 1. The van der Waals surface area contributed by atoms with Gasteiger partial charge in [-0.3, -0.25) is 9.67 Å². The lowest BCUT2D eigenvalue weighted by atomic mass is 10.1. The van der Waals surface area contributed by atoms with E-state index in [0.717, 1.165) is 11.6 Å². The fraction of sp³-hybridized carbons (Fsp3) is 0.385. The number of nitrogens with zero attached hydrogens (tertiary/aromatic N) is 2. The van der Waals surface area contributed by atoms with Crippen molar-refractivity contribution >= 4 is 23.8 Å². The Labute approximate surface area is 122 Å². The SMILES string of the molecule is CC(C)(C)n1c(COc2ccc(Cl)cc2)n[nH]c1=S. The molecule has 4 nitrogen and oxygen atoms in total. The summed E-state index contributed by atoms with van der Waals surface area (Å²) < 4.78 is 8.24. The molecular formula is C13H16ClN3OS. The van der Waals surface area contributed by atoms with E-state index in [1.54, 1.807) is 12.1 Å². The molecule has 0 spiro atoms. The van der Waals surface area contributed by atoms with E-state index in [2.05, 4.69) is 31.0 Å². The van der Waals surface area contributed by atoms with Gasteiger partial charge in [0.1, 0.15) is 12.4 Å². The molecule has 1 aromatic carbocycles. The Hall–Kier alpha value is -1.33. The van der Waals surface area contributed by atoms with Gasteiger partial charge in [0.2, 0.25) is 0 Å². The van der Waals surface area contributed by atoms with Crippen LogP contribution >= 0.6 is 23.8 Å². The molecule has 0 radical (unpaired) electrons. The summed E-state index contributed by atoms with van der Waals surface area (Å²) in [6, 6.07) is 7.23. The predicted octanol–water partition coefficient (Wildman–Crippen LogP) is 3.93. The highest BCUT2D eigenvalue weighted by Crippen LogP contribution is 2.19. The normalized spacial score (nSPS) is 11.6. The van der Waals surface area contributed by atoms with E-state index in [1.807, 2.05) is 16.7 Å². The second-order valence-corrected chi connectivity index (χ2v) is 6.02. The van der Waals surface area contributed by atoms with E-state index in [-0.39, 0.29) is 5.54 Å². The Kier molecular flexibility index (Phi) is 3.96. The largest absolute Gasteiger partial charge is 0.486 e. The molecule has 0 unspecified atom stereocenters. The monoisotopic (exact) mass is 297 g/mol. The summed E-state index contributed by atoms with van der Waals surface area (Å²) in [5.41, 5.74) is -0.136. The second-order valence-electron chi connectivity index (χ2n) is 5.19. The first-order valence-electron chi connectivity index (χ1n) is 5.93. The van der Waals surface area contributed by atoms with E-state index in [0.29, 0.717) is 16.4 Å². The highest BCUT2D eigenvalue weighted by Gasteiger charge is 2.19. The molecule has 0 amide bonds. The van der Waals surface area contributed by atoms with Gasteiger partial charge in [-0.25, -0.2) is 0 Å². The standard InChI is InChI=1S/C13H16ClN3OS/c1-13(2,3)17-11(15-16-12(17)19)8-18-10-6-4-9(14)5-7-10/h4-7H,8H2,1-3H3,(H,16,19). The van der Waals surface area contributed by atoms with Crippen molar-refractivity contribution in [3.05, 3.63) is 39.9 Å². The molecule has 19 heavy (non-hydrogen) atoms. The van der Waals surface area contributed by atoms with Crippen molar-refractivity contribution in [2.45, 2.75) is 32.9 Å². The van der Waals surface area contributed by atoms with Gasteiger partial charge in [-0.15, -0.1) is 0 Å². The van der Waals surface area contributed by atoms with E-state index < -0.39 is 0 Å². The summed E-state index contributed by atoms with van der Waals surface area (Å²) in [6.07, 6.45) is 0. The molecule has 0 atom stereocenters. The lowest BCUT2D eigenvalue weighted by molar-refractivity contribution is 0.270. The van der Waals surface area contributed by atoms with Crippen LogP contribution in [0.15, 0.2) is 24.3 Å². The van der Waals surface area contributed by atoms with Gasteiger partial charge in [-0.05, 0) is 57.3 Å². The number of hydrogen-bond acceptors (Lipinski definition) is 3. The van der Waals surface area contributed by atoms with Gasteiger partial charge in [-0.1, -0.05) is 11.6 Å². The van der Waals surface area contributed by atoms with Crippen LogP contribution in [0.1, 0.15) is 26.6 Å². The lowest BCUT2D eigenvalue weighted by Gasteiger charge is -2.22. The molecule has 1 heterocycles. The Bertz CT molecular complexity index is 610. The first-order valence-corrected chi connectivity index (χ1v) is 6.72. The average molecular weight is 298 g/mol. The van der Waals surface area contributed by atoms with Crippen molar-refractivity contribution in [2.75, 3.05) is 0 Å². The van der Waals surface area contributed by atoms with E-state index in [9.17, 15) is 0 Å². The number of aromatic nitrogens is 3. The summed E-state index contributed by atoms with van der Waals surface area (Å²) in [6.45, 7) is 6.57. The fourth-order valence-electron chi connectivity index (χ4n) is 1.80. The van der Waals surface area contributed by atoms with E-state index in [1.165, 1.54) is 0 Å². The zero-order chi connectivity index (χ0) is 14.0. The van der Waals surface area contributed by atoms with Crippen molar-refractivity contribution in [3.8, 4) is 5.75 Å². The van der Waals surface area contributed by atoms with Gasteiger partial charge < -0.3 is 4.74 Å². The maximum absolute atomic E-state index is 5.83. The molecule has 0 fully saturated rings. The van der Waals surface area contributed by atoms with Gasteiger partial charge in [-0.2, -0.15) is 5.10 Å². The Morgan fingerprint density at radius 2 is 1.95 bits per heavy atom. The third-order valence-electron chi connectivity index (χ3n) is 2.59. The van der Waals surface area contributed by atoms with Gasteiger partial charge >= 0.3 is 0 Å². The molecular weight excluding hydrogens is 282 g/mol. The highest BCUT2D eigenvalue weighted by atomic mass is 35.5. The van der Waals surface area contributed by atoms with Crippen molar-refractivity contribution in [1.82, 2.24) is 14.8 Å². The van der Waals surface area contributed by atoms with Crippen molar-refractivity contribution in [1.29, 1.82) is 0 Å². The van der Waals surface area contributed by atoms with Crippen LogP contribution < -0.4 is 4.74 Å². The van der Waals surface area contributed by atoms with Crippen molar-refractivity contribution < 1.29 is 4.74 Å². The Morgan fingerprint density at radius 1 is 1.32 bits per heavy atom. The van der Waals surface area contributed by atoms with Crippen LogP contribution in [-0.4, -0.2) is 14.8 Å². The van der Waals surface area contributed by atoms with Crippen LogP contribution in [0.4, 0.5) is 0 Å². The van der Waals surface area contributed by atoms with Crippen LogP contribution in [0, 0.1) is 4.77 Å². The lowest BCUT2D eigenvalue weighted by Crippen LogP contribution is -2.25. The average Bonchev–Trinajstić information content (AvgIpc) is 2.69. The number of nitrogens with one attached hydrogen (secondary N) is 1. The molecule has 6 heteroatoms. The first-order chi connectivity index (χ1) is 8.88. The minimum absolute atomic E-state index is 0.136. The number of rotatable bonds is 3. The smallest absolute Gasteiger partial charge is 0.195 e. The quantitative estimate of drug-likeness (QED) is 0.873. The van der Waals surface area contributed by atoms with Crippen LogP contribution in [-0.2, 0) is 12.1 Å². The number of benzene rings is 1. The molecule has 0 bridgehead atoms. The number of halogens is 1. The van der Waals surface area contributed by atoms with Gasteiger partial charge in [0.25, 0.3) is 0 Å². The minimum atomic E-state index is -0.136. The summed E-state index contributed by atoms with van der Waals surface area (Å²) in [4.78, 5) is 0. The predicted molar refractivity (Wildman–Crippen MR) is 78.2 cm³/mol. The van der Waals surface area contributed by atoms with Gasteiger partial charge in [0.05, 0.1) is 0 Å². The Morgan fingerprint density at radius 3 is 2.53 bits per heavy atom. The molecule has 0 aliphatic rings. The number of hydrogen-bond donors (Lipinski definition) is 1. The maximum Gasteiger partial charge on any atom is 0.195 e. The number of aromatic amines is 1. The third kappa shape index (κ3) is 3.36. The first kappa shape index (κ1) is 14.1.